The van der Waals surface area contributed by atoms with Crippen LogP contribution in [-0.4, -0.2) is 30.5 Å². The van der Waals surface area contributed by atoms with E-state index in [1.54, 1.807) is 45.0 Å². The van der Waals surface area contributed by atoms with E-state index >= 15 is 0 Å². The fraction of sp³-hybridized carbons (Fsp3) is 0.375. The minimum absolute atomic E-state index is 0.138. The Morgan fingerprint density at radius 1 is 1.07 bits per heavy atom. The zero-order valence-electron chi connectivity index (χ0n) is 18.5. The molecule has 1 N–H and O–H groups in total. The molecule has 160 valence electrons. The maximum Gasteiger partial charge on any atom is 0.278 e. The summed E-state index contributed by atoms with van der Waals surface area (Å²) in [6.07, 6.45) is 0. The molecule has 0 radical (unpaired) electrons. The number of rotatable bonds is 7. The lowest BCUT2D eigenvalue weighted by atomic mass is 9.87. The predicted molar refractivity (Wildman–Crippen MR) is 126 cm³/mol. The second-order valence-electron chi connectivity index (χ2n) is 8.12. The third kappa shape index (κ3) is 5.70. The van der Waals surface area contributed by atoms with Crippen molar-refractivity contribution < 1.29 is 9.59 Å². The number of benzene rings is 2. The quantitative estimate of drug-likeness (QED) is 0.447. The number of para-hydroxylation sites is 1. The Morgan fingerprint density at radius 3 is 2.23 bits per heavy atom. The van der Waals surface area contributed by atoms with E-state index in [2.05, 4.69) is 29.1 Å². The van der Waals surface area contributed by atoms with Gasteiger partial charge in [-0.25, -0.2) is 4.99 Å². The topological polar surface area (TPSA) is 61.8 Å². The number of nitrogens with zero attached hydrogens (tertiary/aromatic N) is 2. The van der Waals surface area contributed by atoms with Gasteiger partial charge in [-0.2, -0.15) is 0 Å². The summed E-state index contributed by atoms with van der Waals surface area (Å²) >= 11 is 6.16. The van der Waals surface area contributed by atoms with E-state index in [1.165, 1.54) is 0 Å². The molecule has 0 aliphatic rings. The molecule has 2 aromatic rings. The van der Waals surface area contributed by atoms with Crippen LogP contribution in [0.5, 0.6) is 0 Å². The van der Waals surface area contributed by atoms with Crippen LogP contribution in [0, 0.1) is 12.3 Å². The lowest BCUT2D eigenvalue weighted by molar-refractivity contribution is -0.121. The molecule has 0 aliphatic carbocycles. The summed E-state index contributed by atoms with van der Waals surface area (Å²) < 4.78 is 0. The van der Waals surface area contributed by atoms with Crippen molar-refractivity contribution in [2.75, 3.05) is 23.3 Å². The summed E-state index contributed by atoms with van der Waals surface area (Å²) in [7, 11) is 0. The van der Waals surface area contributed by atoms with Crippen molar-refractivity contribution in [3.05, 3.63) is 53.1 Å². The number of aryl methyl sites for hydroxylation is 1. The molecule has 0 atom stereocenters. The van der Waals surface area contributed by atoms with Gasteiger partial charge in [-0.05, 0) is 56.7 Å². The highest BCUT2D eigenvalue weighted by molar-refractivity contribution is 6.68. The highest BCUT2D eigenvalue weighted by Gasteiger charge is 2.31. The van der Waals surface area contributed by atoms with Crippen LogP contribution in [0.4, 0.5) is 17.1 Å². The molecule has 0 unspecified atom stereocenters. The van der Waals surface area contributed by atoms with Crippen molar-refractivity contribution in [1.82, 2.24) is 0 Å². The minimum Gasteiger partial charge on any atom is -0.372 e. The third-order valence-corrected chi connectivity index (χ3v) is 5.10. The Morgan fingerprint density at radius 2 is 1.70 bits per heavy atom. The highest BCUT2D eigenvalue weighted by Crippen LogP contribution is 2.27. The van der Waals surface area contributed by atoms with Gasteiger partial charge in [0.15, 0.2) is 11.5 Å². The number of carbonyl (C=O) groups excluding carboxylic acids is 2. The number of hydrogen-bond donors (Lipinski definition) is 1. The number of carbonyl (C=O) groups is 2. The molecule has 2 rings (SSSR count). The van der Waals surface area contributed by atoms with Crippen molar-refractivity contribution in [3.63, 3.8) is 0 Å². The fourth-order valence-corrected chi connectivity index (χ4v) is 3.16. The Bertz CT molecular complexity index is 957. The predicted octanol–water partition coefficient (Wildman–Crippen LogP) is 5.82. The maximum atomic E-state index is 13.0. The van der Waals surface area contributed by atoms with E-state index in [-0.39, 0.29) is 11.5 Å². The monoisotopic (exact) mass is 427 g/mol. The van der Waals surface area contributed by atoms with Crippen molar-refractivity contribution in [2.24, 2.45) is 10.4 Å². The first-order valence-corrected chi connectivity index (χ1v) is 10.5. The summed E-state index contributed by atoms with van der Waals surface area (Å²) in [6, 6.07) is 12.7. The number of anilines is 2. The molecule has 1 amide bonds. The Hall–Kier alpha value is -2.66. The van der Waals surface area contributed by atoms with Crippen LogP contribution >= 0.6 is 11.6 Å². The van der Waals surface area contributed by atoms with Crippen molar-refractivity contribution in [1.29, 1.82) is 0 Å². The number of amides is 1. The van der Waals surface area contributed by atoms with Crippen LogP contribution in [0.25, 0.3) is 0 Å². The second-order valence-corrected chi connectivity index (χ2v) is 8.52. The lowest BCUT2D eigenvalue weighted by Crippen LogP contribution is -2.37. The smallest absolute Gasteiger partial charge is 0.278 e. The molecule has 6 heteroatoms. The fourth-order valence-electron chi connectivity index (χ4n) is 2.97. The molecule has 5 nitrogen and oxygen atoms in total. The summed E-state index contributed by atoms with van der Waals surface area (Å²) in [6.45, 7) is 13.2. The van der Waals surface area contributed by atoms with Gasteiger partial charge in [-0.1, -0.05) is 44.5 Å². The molecule has 2 aromatic carbocycles. The number of nitrogens with one attached hydrogen (secondary N) is 1. The number of halogens is 1. The Labute approximate surface area is 184 Å². The highest BCUT2D eigenvalue weighted by atomic mass is 35.5. The Kier molecular flexibility index (Phi) is 7.79. The lowest BCUT2D eigenvalue weighted by Gasteiger charge is -2.22. The van der Waals surface area contributed by atoms with Gasteiger partial charge in [-0.15, -0.1) is 0 Å². The van der Waals surface area contributed by atoms with Crippen LogP contribution in [-0.2, 0) is 9.59 Å². The SMILES string of the molecule is CCN(CC)c1ccc(N=C(C(=O)Nc2ccccc2Cl)C(=O)C(C)(C)C)c(C)c1. The van der Waals surface area contributed by atoms with Gasteiger partial charge in [0.25, 0.3) is 5.91 Å². The van der Waals surface area contributed by atoms with Gasteiger partial charge in [-0.3, -0.25) is 9.59 Å². The minimum atomic E-state index is -0.758. The van der Waals surface area contributed by atoms with Crippen LogP contribution in [0.1, 0.15) is 40.2 Å². The van der Waals surface area contributed by atoms with Crippen LogP contribution in [0.2, 0.25) is 5.02 Å². The van der Waals surface area contributed by atoms with E-state index in [0.29, 0.717) is 16.4 Å². The molecule has 0 saturated heterocycles. The first-order chi connectivity index (χ1) is 14.1. The van der Waals surface area contributed by atoms with Crippen LogP contribution < -0.4 is 10.2 Å². The van der Waals surface area contributed by atoms with Crippen molar-refractivity contribution >= 4 is 46.1 Å². The van der Waals surface area contributed by atoms with E-state index in [1.807, 2.05) is 25.1 Å². The molecule has 0 aliphatic heterocycles. The van der Waals surface area contributed by atoms with E-state index in [0.717, 1.165) is 24.3 Å². The molecular weight excluding hydrogens is 398 g/mol. The molecular formula is C24H30ClN3O2. The first-order valence-electron chi connectivity index (χ1n) is 10.1. The average Bonchev–Trinajstić information content (AvgIpc) is 2.68. The first kappa shape index (κ1) is 23.6. The van der Waals surface area contributed by atoms with Gasteiger partial charge in [0, 0.05) is 24.2 Å². The second kappa shape index (κ2) is 9.90. The molecule has 0 heterocycles. The average molecular weight is 428 g/mol. The van der Waals surface area contributed by atoms with E-state index < -0.39 is 11.3 Å². The molecule has 0 aromatic heterocycles. The number of aliphatic imine (C=N–C) groups is 1. The summed E-state index contributed by atoms with van der Waals surface area (Å²) in [5, 5.41) is 3.12. The molecule has 0 spiro atoms. The molecule has 0 saturated carbocycles. The van der Waals surface area contributed by atoms with Gasteiger partial charge >= 0.3 is 0 Å². The van der Waals surface area contributed by atoms with Gasteiger partial charge in [0.2, 0.25) is 0 Å². The summed E-state index contributed by atoms with van der Waals surface area (Å²) in [5.41, 5.74) is 2.11. The third-order valence-electron chi connectivity index (χ3n) is 4.77. The van der Waals surface area contributed by atoms with Gasteiger partial charge in [0.05, 0.1) is 16.4 Å². The number of ketones is 1. The standard InChI is InChI=1S/C24H30ClN3O2/c1-7-28(8-2)17-13-14-19(16(3)15-17)26-21(22(29)24(4,5)6)23(30)27-20-12-10-9-11-18(20)25/h9-15H,7-8H2,1-6H3,(H,27,30). The van der Waals surface area contributed by atoms with E-state index in [4.69, 9.17) is 11.6 Å². The largest absolute Gasteiger partial charge is 0.372 e. The molecule has 0 fully saturated rings. The number of Topliss-reactive ketones (excluding diaryl/α,β-unsaturated/α-hetero) is 1. The van der Waals surface area contributed by atoms with Gasteiger partial charge < -0.3 is 10.2 Å². The zero-order chi connectivity index (χ0) is 22.5. The zero-order valence-corrected chi connectivity index (χ0v) is 19.3. The van der Waals surface area contributed by atoms with Gasteiger partial charge in [0.1, 0.15) is 0 Å². The maximum absolute atomic E-state index is 13.0. The summed E-state index contributed by atoms with van der Waals surface area (Å²) in [5.74, 6) is -0.908. The Balaban J connectivity index is 2.47. The normalized spacial score (nSPS) is 11.9. The van der Waals surface area contributed by atoms with E-state index in [9.17, 15) is 9.59 Å². The van der Waals surface area contributed by atoms with Crippen LogP contribution in [0.3, 0.4) is 0 Å². The summed E-state index contributed by atoms with van der Waals surface area (Å²) in [4.78, 5) is 32.8. The van der Waals surface area contributed by atoms with Crippen LogP contribution in [0.15, 0.2) is 47.5 Å². The molecule has 0 bridgehead atoms. The van der Waals surface area contributed by atoms with Crippen molar-refractivity contribution in [3.8, 4) is 0 Å². The molecule has 30 heavy (non-hydrogen) atoms. The number of hydrogen-bond acceptors (Lipinski definition) is 4. The van der Waals surface area contributed by atoms with Crippen molar-refractivity contribution in [2.45, 2.75) is 41.5 Å².